The van der Waals surface area contributed by atoms with Crippen LogP contribution in [0.2, 0.25) is 0 Å². The number of hydrogen-bond acceptors (Lipinski definition) is 2. The van der Waals surface area contributed by atoms with Gasteiger partial charge in [-0.15, -0.1) is 6.42 Å². The van der Waals surface area contributed by atoms with Crippen molar-refractivity contribution in [2.75, 3.05) is 6.61 Å². The van der Waals surface area contributed by atoms with Gasteiger partial charge in [0.1, 0.15) is 6.10 Å². The summed E-state index contributed by atoms with van der Waals surface area (Å²) < 4.78 is 4.58. The van der Waals surface area contributed by atoms with Crippen LogP contribution in [0.3, 0.4) is 0 Å². The summed E-state index contributed by atoms with van der Waals surface area (Å²) in [5, 5.41) is 8.66. The van der Waals surface area contributed by atoms with Crippen molar-refractivity contribution < 1.29 is 9.63 Å². The molecule has 0 bridgehead atoms. The topological polar surface area (TPSA) is 29.5 Å². The van der Waals surface area contributed by atoms with Gasteiger partial charge >= 0.3 is 0 Å². The lowest BCUT2D eigenvalue weighted by Crippen LogP contribution is -2.04. The van der Waals surface area contributed by atoms with E-state index < -0.39 is 6.10 Å². The molecule has 0 amide bonds. The normalized spacial score (nSPS) is 12.6. The number of hydrogen-bond donors (Lipinski definition) is 1. The highest BCUT2D eigenvalue weighted by Gasteiger charge is 1.94. The van der Waals surface area contributed by atoms with Crippen molar-refractivity contribution in [3.05, 3.63) is 0 Å². The van der Waals surface area contributed by atoms with E-state index in [-0.39, 0.29) is 0 Å². The second kappa shape index (κ2) is 5.05. The lowest BCUT2D eigenvalue weighted by atomic mass is 10.3. The molecule has 0 aliphatic carbocycles. The van der Waals surface area contributed by atoms with Crippen LogP contribution in [0.25, 0.3) is 0 Å². The molecule has 1 unspecified atom stereocenters. The van der Waals surface area contributed by atoms with E-state index in [4.69, 9.17) is 11.5 Å². The first-order valence-electron chi connectivity index (χ1n) is 2.27. The van der Waals surface area contributed by atoms with Gasteiger partial charge in [-0.1, -0.05) is 5.92 Å². The molecular weight excluding hydrogens is 123 g/mol. The molecular formula is C5H9O2P. The Morgan fingerprint density at radius 2 is 2.50 bits per heavy atom. The van der Waals surface area contributed by atoms with E-state index in [9.17, 15) is 0 Å². The summed E-state index contributed by atoms with van der Waals surface area (Å²) in [6.07, 6.45) is 4.69. The van der Waals surface area contributed by atoms with Crippen LogP contribution in [0.1, 0.15) is 6.42 Å². The summed E-state index contributed by atoms with van der Waals surface area (Å²) in [4.78, 5) is 0. The molecule has 0 aromatic rings. The molecule has 0 heterocycles. The minimum atomic E-state index is -0.657. The van der Waals surface area contributed by atoms with Crippen LogP contribution in [-0.4, -0.2) is 17.8 Å². The zero-order valence-corrected chi connectivity index (χ0v) is 5.66. The summed E-state index contributed by atoms with van der Waals surface area (Å²) in [6.45, 7) is 0.482. The highest BCUT2D eigenvalue weighted by atomic mass is 31.0. The average Bonchev–Trinajstić information content (AvgIpc) is 1.83. The predicted molar refractivity (Wildman–Crippen MR) is 35.1 cm³/mol. The van der Waals surface area contributed by atoms with Crippen molar-refractivity contribution in [3.63, 3.8) is 0 Å². The molecule has 0 spiro atoms. The maximum absolute atomic E-state index is 8.66. The fourth-order valence-electron chi connectivity index (χ4n) is 0.263. The van der Waals surface area contributed by atoms with E-state index in [1.165, 1.54) is 0 Å². The Balaban J connectivity index is 3.02. The van der Waals surface area contributed by atoms with E-state index in [1.807, 2.05) is 0 Å². The first kappa shape index (κ1) is 7.91. The smallest absolute Gasteiger partial charge is 0.116 e. The average molecular weight is 132 g/mol. The van der Waals surface area contributed by atoms with Crippen molar-refractivity contribution in [2.45, 2.75) is 12.5 Å². The van der Waals surface area contributed by atoms with Gasteiger partial charge in [-0.05, 0) is 0 Å². The molecule has 8 heavy (non-hydrogen) atoms. The molecule has 0 aliphatic heterocycles. The highest BCUT2D eigenvalue weighted by Crippen LogP contribution is 1.92. The summed E-state index contributed by atoms with van der Waals surface area (Å²) in [5.41, 5.74) is 0. The van der Waals surface area contributed by atoms with Gasteiger partial charge < -0.3 is 9.63 Å². The fraction of sp³-hybridized carbons (Fsp3) is 0.600. The fourth-order valence-corrected chi connectivity index (χ4v) is 0.399. The highest BCUT2D eigenvalue weighted by molar-refractivity contribution is 7.09. The van der Waals surface area contributed by atoms with Gasteiger partial charge in [-0.25, -0.2) is 0 Å². The monoisotopic (exact) mass is 132 g/mol. The molecule has 0 aromatic heterocycles. The zero-order chi connectivity index (χ0) is 6.41. The van der Waals surface area contributed by atoms with Gasteiger partial charge in [0.2, 0.25) is 0 Å². The minimum Gasteiger partial charge on any atom is -0.380 e. The zero-order valence-electron chi connectivity index (χ0n) is 4.50. The molecule has 1 N–H and O–H groups in total. The van der Waals surface area contributed by atoms with Crippen LogP contribution in [0.5, 0.6) is 0 Å². The molecule has 0 rings (SSSR count). The minimum absolute atomic E-state index is 0.482. The van der Waals surface area contributed by atoms with E-state index in [0.717, 1.165) is 0 Å². The van der Waals surface area contributed by atoms with Crippen molar-refractivity contribution in [1.82, 2.24) is 0 Å². The quantitative estimate of drug-likeness (QED) is 0.438. The Labute approximate surface area is 51.5 Å². The van der Waals surface area contributed by atoms with Crippen LogP contribution in [0.4, 0.5) is 0 Å². The molecule has 0 aliphatic rings. The second-order valence-electron chi connectivity index (χ2n) is 1.34. The van der Waals surface area contributed by atoms with Gasteiger partial charge in [-0.2, -0.15) is 0 Å². The Bertz CT molecular complexity index is 86.9. The van der Waals surface area contributed by atoms with Crippen molar-refractivity contribution in [3.8, 4) is 12.3 Å². The SMILES string of the molecule is C#C[C@@H](O)CCOP. The van der Waals surface area contributed by atoms with Crippen LogP contribution < -0.4 is 0 Å². The summed E-state index contributed by atoms with van der Waals surface area (Å²) >= 11 is 0. The molecule has 2 nitrogen and oxygen atoms in total. The standard InChI is InChI=1S/C5H9O2P/c1-2-5(6)3-4-7-8/h1,5-6H,3-4,8H2/t5-/m1/s1. The van der Waals surface area contributed by atoms with Crippen molar-refractivity contribution in [1.29, 1.82) is 0 Å². The lowest BCUT2D eigenvalue weighted by Gasteiger charge is -1.98. The largest absolute Gasteiger partial charge is 0.380 e. The third kappa shape index (κ3) is 4.08. The second-order valence-corrected chi connectivity index (χ2v) is 1.68. The number of aliphatic hydroxyl groups excluding tert-OH is 1. The summed E-state index contributed by atoms with van der Waals surface area (Å²) in [7, 11) is 2.09. The molecule has 2 atom stereocenters. The molecule has 0 saturated heterocycles. The maximum atomic E-state index is 8.66. The summed E-state index contributed by atoms with van der Waals surface area (Å²) in [6, 6.07) is 0. The Morgan fingerprint density at radius 3 is 2.88 bits per heavy atom. The molecule has 0 saturated carbocycles. The van der Waals surface area contributed by atoms with Crippen LogP contribution in [0, 0.1) is 12.3 Å². The predicted octanol–water partition coefficient (Wildman–Crippen LogP) is 0.177. The van der Waals surface area contributed by atoms with Crippen molar-refractivity contribution in [2.24, 2.45) is 0 Å². The summed E-state index contributed by atoms with van der Waals surface area (Å²) in [5.74, 6) is 2.17. The first-order chi connectivity index (χ1) is 3.81. The van der Waals surface area contributed by atoms with Gasteiger partial charge in [0.05, 0.1) is 6.61 Å². The third-order valence-electron chi connectivity index (χ3n) is 0.702. The van der Waals surface area contributed by atoms with Crippen LogP contribution in [0.15, 0.2) is 0 Å². The molecule has 0 fully saturated rings. The lowest BCUT2D eigenvalue weighted by molar-refractivity contribution is 0.194. The van der Waals surface area contributed by atoms with Crippen molar-refractivity contribution >= 4 is 9.47 Å². The molecule has 3 heteroatoms. The molecule has 0 aromatic carbocycles. The van der Waals surface area contributed by atoms with E-state index >= 15 is 0 Å². The van der Waals surface area contributed by atoms with Gasteiger partial charge in [0, 0.05) is 15.9 Å². The van der Waals surface area contributed by atoms with E-state index in [2.05, 4.69) is 19.9 Å². The number of aliphatic hydroxyl groups is 1. The van der Waals surface area contributed by atoms with Crippen LogP contribution >= 0.6 is 9.47 Å². The van der Waals surface area contributed by atoms with E-state index in [0.29, 0.717) is 13.0 Å². The Hall–Kier alpha value is -0.0900. The van der Waals surface area contributed by atoms with E-state index in [1.54, 1.807) is 0 Å². The molecule has 46 valence electrons. The third-order valence-corrected chi connectivity index (χ3v) is 0.937. The first-order valence-corrected chi connectivity index (χ1v) is 2.74. The number of terminal acetylenes is 1. The Morgan fingerprint density at radius 1 is 1.88 bits per heavy atom. The Kier molecular flexibility index (Phi) is 5.00. The van der Waals surface area contributed by atoms with Crippen LogP contribution in [-0.2, 0) is 4.52 Å². The van der Waals surface area contributed by atoms with Gasteiger partial charge in [0.15, 0.2) is 0 Å². The van der Waals surface area contributed by atoms with Gasteiger partial charge in [-0.3, -0.25) is 0 Å². The van der Waals surface area contributed by atoms with Gasteiger partial charge in [0.25, 0.3) is 0 Å². The number of rotatable bonds is 3. The maximum Gasteiger partial charge on any atom is 0.116 e. The molecule has 0 radical (unpaired) electrons.